The Bertz CT molecular complexity index is 2170. The van der Waals surface area contributed by atoms with Crippen LogP contribution in [0.4, 0.5) is 5.69 Å². The number of nitro groups is 1. The molecule has 5 aromatic rings. The predicted octanol–water partition coefficient (Wildman–Crippen LogP) is 6.58. The van der Waals surface area contributed by atoms with E-state index in [2.05, 4.69) is 34.1 Å². The number of hydrogen-bond acceptors (Lipinski definition) is 7. The molecule has 0 amide bonds. The van der Waals surface area contributed by atoms with Crippen LogP contribution in [0.5, 0.6) is 11.5 Å². The predicted molar refractivity (Wildman–Crippen MR) is 177 cm³/mol. The summed E-state index contributed by atoms with van der Waals surface area (Å²) in [5, 5.41) is 11.0. The van der Waals surface area contributed by atoms with E-state index in [1.54, 1.807) is 19.2 Å². The lowest BCUT2D eigenvalue weighted by molar-refractivity contribution is -0.384. The van der Waals surface area contributed by atoms with E-state index in [0.29, 0.717) is 15.1 Å². The molecule has 0 saturated heterocycles. The minimum atomic E-state index is -0.429. The quantitative estimate of drug-likeness (QED) is 0.143. The Morgan fingerprint density at radius 2 is 1.82 bits per heavy atom. The Hall–Kier alpha value is -4.80. The van der Waals surface area contributed by atoms with Gasteiger partial charge in [0.1, 0.15) is 18.1 Å². The van der Waals surface area contributed by atoms with Gasteiger partial charge in [0, 0.05) is 27.7 Å². The summed E-state index contributed by atoms with van der Waals surface area (Å²) < 4.78 is 14.8. The van der Waals surface area contributed by atoms with Crippen molar-refractivity contribution in [1.29, 1.82) is 0 Å². The van der Waals surface area contributed by atoms with Gasteiger partial charge in [0.05, 0.1) is 28.3 Å². The number of aryl methyl sites for hydroxylation is 1. The molecule has 0 spiro atoms. The van der Waals surface area contributed by atoms with Crippen LogP contribution in [-0.2, 0) is 13.0 Å². The fourth-order valence-electron chi connectivity index (χ4n) is 5.89. The number of fused-ring (bicyclic) bond motifs is 3. The number of halogens is 1. The van der Waals surface area contributed by atoms with Gasteiger partial charge in [0.2, 0.25) is 0 Å². The Balaban J connectivity index is 1.33. The third-order valence-corrected chi connectivity index (χ3v) is 9.58. The summed E-state index contributed by atoms with van der Waals surface area (Å²) in [6.45, 7) is 0.214. The highest BCUT2D eigenvalue weighted by atomic mass is 79.9. The van der Waals surface area contributed by atoms with Crippen LogP contribution in [0.1, 0.15) is 40.3 Å². The van der Waals surface area contributed by atoms with E-state index in [9.17, 15) is 14.9 Å². The number of rotatable bonds is 7. The highest BCUT2D eigenvalue weighted by molar-refractivity contribution is 9.10. The van der Waals surface area contributed by atoms with Crippen LogP contribution in [0.3, 0.4) is 0 Å². The van der Waals surface area contributed by atoms with Crippen molar-refractivity contribution in [2.45, 2.75) is 25.5 Å². The molecule has 7 rings (SSSR count). The number of nitrogens with zero attached hydrogens (tertiary/aromatic N) is 3. The van der Waals surface area contributed by atoms with Crippen LogP contribution in [0.2, 0.25) is 0 Å². The number of methoxy groups -OCH3 is 1. The highest BCUT2D eigenvalue weighted by Crippen LogP contribution is 2.41. The molecule has 0 radical (unpaired) electrons. The van der Waals surface area contributed by atoms with Crippen molar-refractivity contribution in [3.05, 3.63) is 159 Å². The van der Waals surface area contributed by atoms with E-state index in [0.717, 1.165) is 56.6 Å². The molecule has 1 atom stereocenters. The Kier molecular flexibility index (Phi) is 7.68. The van der Waals surface area contributed by atoms with E-state index in [-0.39, 0.29) is 23.9 Å². The lowest BCUT2D eigenvalue weighted by atomic mass is 9.83. The summed E-state index contributed by atoms with van der Waals surface area (Å²) in [4.78, 5) is 30.6. The average molecular weight is 681 g/mol. The van der Waals surface area contributed by atoms with Crippen LogP contribution in [-0.4, -0.2) is 16.6 Å². The summed E-state index contributed by atoms with van der Waals surface area (Å²) in [7, 11) is 1.64. The molecule has 8 nitrogen and oxygen atoms in total. The van der Waals surface area contributed by atoms with Gasteiger partial charge in [0.25, 0.3) is 11.2 Å². The monoisotopic (exact) mass is 679 g/mol. The molecule has 1 aromatic heterocycles. The zero-order valence-electron chi connectivity index (χ0n) is 24.1. The zero-order valence-corrected chi connectivity index (χ0v) is 26.5. The van der Waals surface area contributed by atoms with E-state index < -0.39 is 4.92 Å². The second kappa shape index (κ2) is 11.9. The van der Waals surface area contributed by atoms with Crippen molar-refractivity contribution in [1.82, 2.24) is 4.57 Å². The van der Waals surface area contributed by atoms with E-state index in [1.807, 2.05) is 59.2 Å². The number of hydrogen-bond donors (Lipinski definition) is 0. The summed E-state index contributed by atoms with van der Waals surface area (Å²) in [6.07, 6.45) is 3.54. The van der Waals surface area contributed by atoms with Crippen molar-refractivity contribution in [2.24, 2.45) is 4.99 Å². The fourth-order valence-corrected chi connectivity index (χ4v) is 7.26. The largest absolute Gasteiger partial charge is 0.497 e. The molecular weight excluding hydrogens is 654 g/mol. The van der Waals surface area contributed by atoms with Gasteiger partial charge in [-0.05, 0) is 83.6 Å². The van der Waals surface area contributed by atoms with Crippen LogP contribution in [0, 0.1) is 10.1 Å². The normalized spacial score (nSPS) is 15.5. The first-order valence-electron chi connectivity index (χ1n) is 14.3. The van der Waals surface area contributed by atoms with Crippen LogP contribution in [0.25, 0.3) is 11.8 Å². The number of thiazole rings is 1. The molecule has 0 saturated carbocycles. The zero-order chi connectivity index (χ0) is 31.1. The molecule has 0 fully saturated rings. The van der Waals surface area contributed by atoms with Crippen molar-refractivity contribution in [3.8, 4) is 11.5 Å². The number of allylic oxidation sites excluding steroid dienone is 1. The standard InChI is InChI=1S/C35H26BrN3O5S/c1-43-27-14-8-23(9-15-27)33-29-16-10-22-4-2-3-5-28(22)32(29)37-35-38(33)34(40)31(45-35)19-24-18-25(36)11-17-30(24)44-20-21-6-12-26(13-7-21)39(41)42/h2-9,11-15,17-19,33H,10,16,20H2,1H3/b31-19+. The van der Waals surface area contributed by atoms with Gasteiger partial charge in [0.15, 0.2) is 4.80 Å². The summed E-state index contributed by atoms with van der Waals surface area (Å²) in [6, 6.07) is 27.9. The van der Waals surface area contributed by atoms with Crippen molar-refractivity contribution >= 4 is 44.7 Å². The van der Waals surface area contributed by atoms with Crippen molar-refractivity contribution in [3.63, 3.8) is 0 Å². The Labute approximate surface area is 270 Å². The summed E-state index contributed by atoms with van der Waals surface area (Å²) in [5.74, 6) is 1.34. The summed E-state index contributed by atoms with van der Waals surface area (Å²) in [5.41, 5.74) is 6.88. The topological polar surface area (TPSA) is 96.0 Å². The second-order valence-electron chi connectivity index (χ2n) is 10.8. The maximum absolute atomic E-state index is 14.2. The molecule has 1 aliphatic heterocycles. The Morgan fingerprint density at radius 3 is 2.58 bits per heavy atom. The van der Waals surface area contributed by atoms with Gasteiger partial charge in [-0.15, -0.1) is 0 Å². The first-order chi connectivity index (χ1) is 21.9. The fraction of sp³-hybridized carbons (Fsp3) is 0.143. The van der Waals surface area contributed by atoms with E-state index in [1.165, 1.54) is 29.0 Å². The highest BCUT2D eigenvalue weighted by Gasteiger charge is 2.32. The van der Waals surface area contributed by atoms with Gasteiger partial charge in [-0.2, -0.15) is 0 Å². The number of aromatic nitrogens is 1. The minimum Gasteiger partial charge on any atom is -0.497 e. The SMILES string of the molecule is COc1ccc(C2C3=C(N=c4s/c(=C/c5cc(Br)ccc5OCc5ccc([N+](=O)[O-])cc5)c(=O)n42)c2ccccc2CC3)cc1. The average Bonchev–Trinajstić information content (AvgIpc) is 3.37. The number of ether oxygens (including phenoxy) is 2. The molecule has 0 bridgehead atoms. The van der Waals surface area contributed by atoms with Gasteiger partial charge >= 0.3 is 0 Å². The van der Waals surface area contributed by atoms with Gasteiger partial charge < -0.3 is 9.47 Å². The maximum Gasteiger partial charge on any atom is 0.271 e. The first-order valence-corrected chi connectivity index (χ1v) is 15.9. The van der Waals surface area contributed by atoms with Gasteiger partial charge in [-0.25, -0.2) is 4.99 Å². The molecule has 2 aliphatic rings. The third kappa shape index (κ3) is 5.51. The molecular formula is C35H26BrN3O5S. The molecule has 10 heteroatoms. The number of nitro benzene ring substituents is 1. The van der Waals surface area contributed by atoms with Crippen LogP contribution < -0.4 is 24.4 Å². The maximum atomic E-state index is 14.2. The molecule has 4 aromatic carbocycles. The molecule has 2 heterocycles. The van der Waals surface area contributed by atoms with Crippen molar-refractivity contribution < 1.29 is 14.4 Å². The molecule has 1 unspecified atom stereocenters. The molecule has 0 N–H and O–H groups in total. The number of benzene rings is 4. The van der Waals surface area contributed by atoms with Crippen molar-refractivity contribution in [2.75, 3.05) is 7.11 Å². The lowest BCUT2D eigenvalue weighted by Gasteiger charge is -2.30. The molecule has 45 heavy (non-hydrogen) atoms. The van der Waals surface area contributed by atoms with Crippen LogP contribution >= 0.6 is 27.3 Å². The summed E-state index contributed by atoms with van der Waals surface area (Å²) >= 11 is 4.92. The Morgan fingerprint density at radius 1 is 1.04 bits per heavy atom. The van der Waals surface area contributed by atoms with E-state index in [4.69, 9.17) is 14.5 Å². The lowest BCUT2D eigenvalue weighted by Crippen LogP contribution is -2.38. The molecule has 224 valence electrons. The minimum absolute atomic E-state index is 0.0246. The van der Waals surface area contributed by atoms with E-state index >= 15 is 0 Å². The third-order valence-electron chi connectivity index (χ3n) is 8.10. The number of non-ortho nitro benzene ring substituents is 1. The smallest absolute Gasteiger partial charge is 0.271 e. The molecule has 1 aliphatic carbocycles. The first kappa shape index (κ1) is 28.9. The van der Waals surface area contributed by atoms with Gasteiger partial charge in [-0.1, -0.05) is 63.7 Å². The van der Waals surface area contributed by atoms with Gasteiger partial charge in [-0.3, -0.25) is 19.5 Å². The van der Waals surface area contributed by atoms with Crippen LogP contribution in [0.15, 0.2) is 111 Å². The second-order valence-corrected chi connectivity index (χ2v) is 12.7.